The van der Waals surface area contributed by atoms with Gasteiger partial charge < -0.3 is 20.1 Å². The van der Waals surface area contributed by atoms with Gasteiger partial charge in [-0.2, -0.15) is 0 Å². The van der Waals surface area contributed by atoms with Crippen LogP contribution in [0, 0.1) is 5.92 Å². The highest BCUT2D eigenvalue weighted by atomic mass is 16.5. The highest BCUT2D eigenvalue weighted by Gasteiger charge is 2.57. The number of carboxylic acid groups (broad SMARTS) is 1. The monoisotopic (exact) mass is 486 g/mol. The number of hydrogen-bond acceptors (Lipinski definition) is 4. The summed E-state index contributed by atoms with van der Waals surface area (Å²) < 4.78 is 5.30. The van der Waals surface area contributed by atoms with Crippen LogP contribution in [-0.2, 0) is 4.79 Å². The van der Waals surface area contributed by atoms with Crippen molar-refractivity contribution < 1.29 is 24.2 Å². The van der Waals surface area contributed by atoms with E-state index in [1.165, 1.54) is 4.90 Å². The third-order valence-corrected chi connectivity index (χ3v) is 6.57. The number of Topliss-reactive ketones (excluding diaryl/α,β-unsaturated/α-hetero) is 1. The van der Waals surface area contributed by atoms with E-state index in [4.69, 9.17) is 4.74 Å². The molecular formula is C29H30N2O5. The maximum atomic E-state index is 14.1. The van der Waals surface area contributed by atoms with E-state index in [9.17, 15) is 19.5 Å². The Morgan fingerprint density at radius 2 is 1.44 bits per heavy atom. The number of carbonyl (C=O) groups excluding carboxylic acids is 2. The second kappa shape index (κ2) is 10.6. The number of carbonyl (C=O) groups is 3. The number of rotatable bonds is 7. The van der Waals surface area contributed by atoms with E-state index >= 15 is 0 Å². The zero-order chi connectivity index (χ0) is 25.8. The second-order valence-electron chi connectivity index (χ2n) is 9.21. The molecule has 36 heavy (non-hydrogen) atoms. The van der Waals surface area contributed by atoms with Gasteiger partial charge in [-0.15, -0.1) is 0 Å². The number of urea groups is 1. The third kappa shape index (κ3) is 4.82. The fourth-order valence-corrected chi connectivity index (χ4v) is 5.09. The number of nitrogens with zero attached hydrogens (tertiary/aromatic N) is 1. The number of nitrogens with one attached hydrogen (secondary N) is 1. The van der Waals surface area contributed by atoms with Crippen molar-refractivity contribution in [3.63, 3.8) is 0 Å². The summed E-state index contributed by atoms with van der Waals surface area (Å²) in [6.07, 6.45) is 0. The van der Waals surface area contributed by atoms with E-state index in [2.05, 4.69) is 5.32 Å². The van der Waals surface area contributed by atoms with E-state index < -0.39 is 35.9 Å². The number of methoxy groups -OCH3 is 1. The lowest BCUT2D eigenvalue weighted by Gasteiger charge is -2.31. The molecule has 1 aliphatic heterocycles. The van der Waals surface area contributed by atoms with Crippen LogP contribution < -0.4 is 10.1 Å². The van der Waals surface area contributed by atoms with Gasteiger partial charge in [-0.05, 0) is 37.1 Å². The molecule has 3 aromatic carbocycles. The summed E-state index contributed by atoms with van der Waals surface area (Å²) in [6.45, 7) is 3.63. The zero-order valence-corrected chi connectivity index (χ0v) is 20.5. The van der Waals surface area contributed by atoms with Crippen molar-refractivity contribution in [1.29, 1.82) is 0 Å². The molecule has 1 saturated heterocycles. The zero-order valence-electron chi connectivity index (χ0n) is 20.5. The van der Waals surface area contributed by atoms with Crippen LogP contribution >= 0.6 is 0 Å². The Bertz CT molecular complexity index is 1210. The summed E-state index contributed by atoms with van der Waals surface area (Å²) in [5.74, 6) is -2.35. The molecule has 1 heterocycles. The topological polar surface area (TPSA) is 95.9 Å². The van der Waals surface area contributed by atoms with Crippen LogP contribution in [0.3, 0.4) is 0 Å². The van der Waals surface area contributed by atoms with Crippen LogP contribution in [0.15, 0.2) is 84.9 Å². The Labute approximate surface area is 210 Å². The number of hydrogen-bond donors (Lipinski definition) is 2. The molecule has 0 radical (unpaired) electrons. The van der Waals surface area contributed by atoms with Gasteiger partial charge in [0.15, 0.2) is 5.78 Å². The number of likely N-dealkylation sites (tertiary alicyclic amines) is 1. The van der Waals surface area contributed by atoms with Crippen LogP contribution in [0.1, 0.15) is 47.3 Å². The Hall–Kier alpha value is -4.13. The highest BCUT2D eigenvalue weighted by Crippen LogP contribution is 2.51. The lowest BCUT2D eigenvalue weighted by atomic mass is 9.76. The molecule has 4 rings (SSSR count). The number of ketones is 1. The second-order valence-corrected chi connectivity index (χ2v) is 9.21. The molecule has 0 bridgehead atoms. The Kier molecular flexibility index (Phi) is 7.38. The highest BCUT2D eigenvalue weighted by molar-refractivity contribution is 6.01. The van der Waals surface area contributed by atoms with E-state index in [0.29, 0.717) is 22.4 Å². The fourth-order valence-electron chi connectivity index (χ4n) is 5.09. The Morgan fingerprint density at radius 3 is 1.97 bits per heavy atom. The first-order chi connectivity index (χ1) is 17.3. The van der Waals surface area contributed by atoms with Gasteiger partial charge in [0.05, 0.1) is 19.1 Å². The molecule has 7 nitrogen and oxygen atoms in total. The minimum absolute atomic E-state index is 0.212. The standard InChI is InChI=1S/C29H30N2O5/c1-18(2)30-29(35)31-25(20-14-16-22(36-3)17-15-20)24(27(32)21-12-8-5-9-13-21)23(26(31)28(33)34)19-10-6-4-7-11-19/h4-18,23-26H,1-3H3,(H,30,35)(H,33,34). The largest absolute Gasteiger partial charge is 0.497 e. The van der Waals surface area contributed by atoms with Crippen molar-refractivity contribution >= 4 is 17.8 Å². The van der Waals surface area contributed by atoms with Gasteiger partial charge in [-0.1, -0.05) is 72.8 Å². The predicted octanol–water partition coefficient (Wildman–Crippen LogP) is 4.91. The van der Waals surface area contributed by atoms with Crippen LogP contribution in [-0.4, -0.2) is 47.0 Å². The normalized spacial score (nSPS) is 21.3. The molecule has 0 saturated carbocycles. The first kappa shape index (κ1) is 25.0. The number of aliphatic carboxylic acids is 1. The molecule has 4 atom stereocenters. The van der Waals surface area contributed by atoms with Crippen LogP contribution in [0.2, 0.25) is 0 Å². The van der Waals surface area contributed by atoms with Crippen LogP contribution in [0.25, 0.3) is 0 Å². The van der Waals surface area contributed by atoms with E-state index in [1.807, 2.05) is 50.2 Å². The smallest absolute Gasteiger partial charge is 0.327 e. The van der Waals surface area contributed by atoms with Crippen LogP contribution in [0.5, 0.6) is 5.75 Å². The van der Waals surface area contributed by atoms with Gasteiger partial charge in [0.25, 0.3) is 0 Å². The Morgan fingerprint density at radius 1 is 0.861 bits per heavy atom. The van der Waals surface area contributed by atoms with Gasteiger partial charge in [0.2, 0.25) is 0 Å². The van der Waals surface area contributed by atoms with E-state index in [1.54, 1.807) is 55.6 Å². The number of carboxylic acids is 1. The predicted molar refractivity (Wildman–Crippen MR) is 136 cm³/mol. The molecule has 3 aromatic rings. The number of amides is 2. The minimum atomic E-state index is -1.25. The van der Waals surface area contributed by atoms with Crippen molar-refractivity contribution in [3.8, 4) is 5.75 Å². The maximum absolute atomic E-state index is 14.1. The number of benzene rings is 3. The number of ether oxygens (including phenoxy) is 1. The molecule has 1 fully saturated rings. The van der Waals surface area contributed by atoms with Crippen molar-refractivity contribution in [2.75, 3.05) is 7.11 Å². The van der Waals surface area contributed by atoms with E-state index in [-0.39, 0.29) is 11.8 Å². The molecular weight excluding hydrogens is 456 g/mol. The quantitative estimate of drug-likeness (QED) is 0.463. The molecule has 7 heteroatoms. The lowest BCUT2D eigenvalue weighted by Crippen LogP contribution is -2.50. The lowest BCUT2D eigenvalue weighted by molar-refractivity contribution is -0.142. The SMILES string of the molecule is COc1ccc(C2C(C(=O)c3ccccc3)C(c3ccccc3)C(C(=O)O)N2C(=O)NC(C)C)cc1. The summed E-state index contributed by atoms with van der Waals surface area (Å²) in [4.78, 5) is 41.9. The minimum Gasteiger partial charge on any atom is -0.497 e. The maximum Gasteiger partial charge on any atom is 0.327 e. The molecule has 0 aliphatic carbocycles. The first-order valence-corrected chi connectivity index (χ1v) is 11.9. The summed E-state index contributed by atoms with van der Waals surface area (Å²) in [5.41, 5.74) is 1.82. The third-order valence-electron chi connectivity index (χ3n) is 6.57. The first-order valence-electron chi connectivity index (χ1n) is 11.9. The molecule has 0 spiro atoms. The van der Waals surface area contributed by atoms with E-state index in [0.717, 1.165) is 0 Å². The van der Waals surface area contributed by atoms with Gasteiger partial charge in [0.1, 0.15) is 11.8 Å². The summed E-state index contributed by atoms with van der Waals surface area (Å²) >= 11 is 0. The summed E-state index contributed by atoms with van der Waals surface area (Å²) in [6, 6.07) is 22.2. The van der Waals surface area contributed by atoms with Gasteiger partial charge in [-0.3, -0.25) is 4.79 Å². The fraction of sp³-hybridized carbons (Fsp3) is 0.276. The summed E-state index contributed by atoms with van der Waals surface area (Å²) in [5, 5.41) is 13.3. The molecule has 2 amide bonds. The Balaban J connectivity index is 1.96. The van der Waals surface area contributed by atoms with Crippen molar-refractivity contribution in [1.82, 2.24) is 10.2 Å². The van der Waals surface area contributed by atoms with Crippen LogP contribution in [0.4, 0.5) is 4.79 Å². The average Bonchev–Trinajstić information content (AvgIpc) is 3.25. The molecule has 0 aromatic heterocycles. The average molecular weight is 487 g/mol. The van der Waals surface area contributed by atoms with Gasteiger partial charge >= 0.3 is 12.0 Å². The van der Waals surface area contributed by atoms with Gasteiger partial charge in [0, 0.05) is 17.5 Å². The molecule has 2 N–H and O–H groups in total. The van der Waals surface area contributed by atoms with Crippen molar-refractivity contribution in [2.45, 2.75) is 37.9 Å². The van der Waals surface area contributed by atoms with Crippen molar-refractivity contribution in [3.05, 3.63) is 102 Å². The molecule has 186 valence electrons. The summed E-state index contributed by atoms with van der Waals surface area (Å²) in [7, 11) is 1.56. The van der Waals surface area contributed by atoms with Gasteiger partial charge in [-0.25, -0.2) is 9.59 Å². The molecule has 4 unspecified atom stereocenters. The van der Waals surface area contributed by atoms with Crippen molar-refractivity contribution in [2.24, 2.45) is 5.92 Å². The molecule has 1 aliphatic rings.